The molecule has 0 aromatic heterocycles. The van der Waals surface area contributed by atoms with Crippen LogP contribution in [0.3, 0.4) is 0 Å². The van der Waals surface area contributed by atoms with Gasteiger partial charge in [-0.25, -0.2) is 0 Å². The third kappa shape index (κ3) is 6.21. The number of aliphatic hydroxyl groups is 3. The molecule has 5 heterocycles. The lowest BCUT2D eigenvalue weighted by Crippen LogP contribution is -2.64. The van der Waals surface area contributed by atoms with Gasteiger partial charge in [-0.3, -0.25) is 0 Å². The minimum atomic E-state index is -1.43. The quantitative estimate of drug-likeness (QED) is 0.310. The van der Waals surface area contributed by atoms with Crippen LogP contribution in [-0.2, 0) is 42.6 Å². The van der Waals surface area contributed by atoms with Crippen molar-refractivity contribution in [2.24, 2.45) is 23.7 Å². The van der Waals surface area contributed by atoms with Gasteiger partial charge in [0.25, 0.3) is 0 Å². The number of ether oxygens (including phenoxy) is 9. The SMILES string of the molecule is CO[C@H]1C[C@@H]([C@@H](O)[C@@](C)(OC)[C@H](C)OC)O[C@@]2(O[C@](C)([C@H]3CC[C@@H]([C@H]4CC[C@H]([C@H]5O[C@](C)(O)[C@H](C)[C@@H](O)[C@@H]5C)O4)O3)[C@H](OC)[C@H]2C)[C@H]1C. The van der Waals surface area contributed by atoms with Crippen molar-refractivity contribution in [2.75, 3.05) is 28.4 Å². The molecule has 280 valence electrons. The van der Waals surface area contributed by atoms with Crippen molar-refractivity contribution >= 4 is 0 Å². The molecule has 12 heteroatoms. The molecule has 5 aliphatic rings. The first-order chi connectivity index (χ1) is 22.4. The van der Waals surface area contributed by atoms with E-state index in [-0.39, 0.29) is 54.4 Å². The molecule has 0 bridgehead atoms. The molecule has 5 aliphatic heterocycles. The van der Waals surface area contributed by atoms with Crippen LogP contribution >= 0.6 is 0 Å². The molecule has 19 atom stereocenters. The molecule has 5 saturated heterocycles. The smallest absolute Gasteiger partial charge is 0.179 e. The van der Waals surface area contributed by atoms with Gasteiger partial charge in [-0.05, 0) is 53.4 Å². The van der Waals surface area contributed by atoms with Crippen LogP contribution in [0.15, 0.2) is 0 Å². The van der Waals surface area contributed by atoms with Crippen LogP contribution in [0, 0.1) is 23.7 Å². The fourth-order valence-corrected chi connectivity index (χ4v) is 9.67. The van der Waals surface area contributed by atoms with Crippen LogP contribution in [0.4, 0.5) is 0 Å². The summed E-state index contributed by atoms with van der Waals surface area (Å²) >= 11 is 0. The van der Waals surface area contributed by atoms with Gasteiger partial charge >= 0.3 is 0 Å². The summed E-state index contributed by atoms with van der Waals surface area (Å²) in [7, 11) is 6.55. The molecule has 0 aromatic rings. The van der Waals surface area contributed by atoms with Crippen molar-refractivity contribution in [2.45, 2.75) is 177 Å². The Labute approximate surface area is 287 Å². The van der Waals surface area contributed by atoms with E-state index in [1.807, 2.05) is 27.7 Å². The van der Waals surface area contributed by atoms with Crippen molar-refractivity contribution in [3.63, 3.8) is 0 Å². The predicted octanol–water partition coefficient (Wildman–Crippen LogP) is 3.20. The summed E-state index contributed by atoms with van der Waals surface area (Å²) in [6.45, 7) is 15.3. The van der Waals surface area contributed by atoms with Gasteiger partial charge in [0.05, 0.1) is 61.0 Å². The summed E-state index contributed by atoms with van der Waals surface area (Å²) in [4.78, 5) is 0. The number of hydrogen-bond donors (Lipinski definition) is 3. The van der Waals surface area contributed by atoms with Crippen molar-refractivity contribution in [3.8, 4) is 0 Å². The highest BCUT2D eigenvalue weighted by atomic mass is 16.7. The Morgan fingerprint density at radius 3 is 2.06 bits per heavy atom. The largest absolute Gasteiger partial charge is 0.392 e. The summed E-state index contributed by atoms with van der Waals surface area (Å²) in [6.07, 6.45) is -1.16. The predicted molar refractivity (Wildman–Crippen MR) is 175 cm³/mol. The van der Waals surface area contributed by atoms with Crippen molar-refractivity contribution < 1.29 is 58.0 Å². The molecule has 5 fully saturated rings. The van der Waals surface area contributed by atoms with Gasteiger partial charge in [-0.1, -0.05) is 27.7 Å². The fourth-order valence-electron chi connectivity index (χ4n) is 9.67. The van der Waals surface area contributed by atoms with Crippen LogP contribution in [0.1, 0.15) is 87.5 Å². The third-order valence-electron chi connectivity index (χ3n) is 13.5. The maximum atomic E-state index is 11.8. The van der Waals surface area contributed by atoms with Crippen LogP contribution in [0.5, 0.6) is 0 Å². The number of methoxy groups -OCH3 is 4. The average molecular weight is 689 g/mol. The van der Waals surface area contributed by atoms with Crippen LogP contribution in [-0.4, -0.2) is 134 Å². The molecular formula is C36H64O12. The summed E-state index contributed by atoms with van der Waals surface area (Å²) in [5, 5.41) is 33.5. The zero-order valence-corrected chi connectivity index (χ0v) is 31.2. The van der Waals surface area contributed by atoms with Crippen molar-refractivity contribution in [1.82, 2.24) is 0 Å². The van der Waals surface area contributed by atoms with Crippen molar-refractivity contribution in [3.05, 3.63) is 0 Å². The van der Waals surface area contributed by atoms with E-state index in [1.165, 1.54) is 0 Å². The summed E-state index contributed by atoms with van der Waals surface area (Å²) < 4.78 is 57.3. The second kappa shape index (κ2) is 14.2. The monoisotopic (exact) mass is 688 g/mol. The molecule has 48 heavy (non-hydrogen) atoms. The summed E-state index contributed by atoms with van der Waals surface area (Å²) in [5.41, 5.74) is -1.91. The Balaban J connectivity index is 1.33. The van der Waals surface area contributed by atoms with E-state index in [2.05, 4.69) is 13.8 Å². The molecule has 0 saturated carbocycles. The van der Waals surface area contributed by atoms with Gasteiger partial charge in [0.2, 0.25) is 0 Å². The van der Waals surface area contributed by atoms with E-state index in [1.54, 1.807) is 42.3 Å². The van der Waals surface area contributed by atoms with E-state index >= 15 is 0 Å². The Morgan fingerprint density at radius 2 is 1.46 bits per heavy atom. The summed E-state index contributed by atoms with van der Waals surface area (Å²) in [5.74, 6) is -3.56. The Hall–Kier alpha value is -0.480. The maximum absolute atomic E-state index is 11.8. The Kier molecular flexibility index (Phi) is 11.4. The zero-order valence-electron chi connectivity index (χ0n) is 31.2. The Morgan fingerprint density at radius 1 is 0.833 bits per heavy atom. The summed E-state index contributed by atoms with van der Waals surface area (Å²) in [6, 6.07) is 0. The van der Waals surface area contributed by atoms with Gasteiger partial charge in [-0.2, -0.15) is 0 Å². The van der Waals surface area contributed by atoms with E-state index in [0.29, 0.717) is 6.42 Å². The normalized spacial score (nSPS) is 52.4. The lowest BCUT2D eigenvalue weighted by Gasteiger charge is -2.52. The molecular weight excluding hydrogens is 624 g/mol. The number of rotatable bonds is 10. The highest BCUT2D eigenvalue weighted by Gasteiger charge is 2.69. The number of aliphatic hydroxyl groups excluding tert-OH is 2. The van der Waals surface area contributed by atoms with E-state index in [0.717, 1.165) is 25.7 Å². The van der Waals surface area contributed by atoms with Crippen LogP contribution in [0.2, 0.25) is 0 Å². The fraction of sp³-hybridized carbons (Fsp3) is 1.00. The second-order valence-electron chi connectivity index (χ2n) is 15.9. The highest BCUT2D eigenvalue weighted by molar-refractivity contribution is 5.13. The Bertz CT molecular complexity index is 1090. The second-order valence-corrected chi connectivity index (χ2v) is 15.9. The molecule has 0 aliphatic carbocycles. The molecule has 0 radical (unpaired) electrons. The van der Waals surface area contributed by atoms with E-state index in [9.17, 15) is 15.3 Å². The molecule has 5 rings (SSSR count). The minimum Gasteiger partial charge on any atom is -0.392 e. The zero-order chi connectivity index (χ0) is 35.6. The van der Waals surface area contributed by atoms with Gasteiger partial charge in [0, 0.05) is 58.5 Å². The molecule has 3 N–H and O–H groups in total. The average Bonchev–Trinajstić information content (AvgIpc) is 3.80. The molecule has 0 aromatic carbocycles. The first-order valence-corrected chi connectivity index (χ1v) is 18.0. The van der Waals surface area contributed by atoms with Gasteiger partial charge in [0.1, 0.15) is 17.3 Å². The van der Waals surface area contributed by atoms with Gasteiger partial charge < -0.3 is 58.0 Å². The number of hydrogen-bond acceptors (Lipinski definition) is 12. The van der Waals surface area contributed by atoms with Gasteiger partial charge in [0.15, 0.2) is 11.6 Å². The van der Waals surface area contributed by atoms with E-state index in [4.69, 9.17) is 42.6 Å². The molecule has 1 spiro atoms. The van der Waals surface area contributed by atoms with Crippen LogP contribution in [0.25, 0.3) is 0 Å². The van der Waals surface area contributed by atoms with Crippen LogP contribution < -0.4 is 0 Å². The first-order valence-electron chi connectivity index (χ1n) is 18.0. The maximum Gasteiger partial charge on any atom is 0.179 e. The lowest BCUT2D eigenvalue weighted by atomic mass is 9.75. The first kappa shape index (κ1) is 38.7. The molecule has 12 nitrogen and oxygen atoms in total. The topological polar surface area (TPSA) is 144 Å². The minimum absolute atomic E-state index is 0.147. The highest BCUT2D eigenvalue weighted by Crippen LogP contribution is 2.56. The molecule has 0 amide bonds. The standard InChI is InChI=1S/C36H64O12/c1-18-29(37)20(3)35(8,39)47-30(18)25-14-13-23(44-25)24-15-16-28(45-24)34(7)32(42-11)21(4)36(48-34)19(2)26(41-10)17-27(46-36)31(38)33(6,43-12)22(5)40-9/h18-32,37-39H,13-17H2,1-12H3/t18-,19-,20+,21+,22-,23+,24-,25+,26-,27-,28+,29-,30-,31+,32+,33-,34+,35-,36+/m0/s1. The lowest BCUT2D eigenvalue weighted by molar-refractivity contribution is -0.365. The van der Waals surface area contributed by atoms with Gasteiger partial charge in [-0.15, -0.1) is 0 Å². The molecule has 0 unspecified atom stereocenters. The third-order valence-corrected chi connectivity index (χ3v) is 13.5. The van der Waals surface area contributed by atoms with Crippen molar-refractivity contribution in [1.29, 1.82) is 0 Å². The van der Waals surface area contributed by atoms with E-state index < -0.39 is 59.2 Å².